The van der Waals surface area contributed by atoms with Gasteiger partial charge >= 0.3 is 11.7 Å². The van der Waals surface area contributed by atoms with Gasteiger partial charge in [0.05, 0.1) is 5.92 Å². The van der Waals surface area contributed by atoms with Crippen LogP contribution in [0.2, 0.25) is 0 Å². The molecule has 6 N–H and O–H groups in total. The summed E-state index contributed by atoms with van der Waals surface area (Å²) in [6, 6.07) is -0.540. The van der Waals surface area contributed by atoms with Crippen molar-refractivity contribution in [3.63, 3.8) is 0 Å². The van der Waals surface area contributed by atoms with E-state index in [4.69, 9.17) is 10.8 Å². The summed E-state index contributed by atoms with van der Waals surface area (Å²) in [6.45, 7) is 0. The number of nitrogen functional groups attached to an aromatic ring is 1. The Morgan fingerprint density at radius 2 is 1.95 bits per heavy atom. The molecule has 1 heterocycles. The van der Waals surface area contributed by atoms with E-state index in [-0.39, 0.29) is 5.69 Å². The van der Waals surface area contributed by atoms with Crippen LogP contribution < -0.4 is 22.3 Å². The van der Waals surface area contributed by atoms with Crippen molar-refractivity contribution in [2.45, 2.75) is 25.3 Å². The Hall–Kier alpha value is -2.58. The Bertz CT molecular complexity index is 662. The van der Waals surface area contributed by atoms with Gasteiger partial charge in [-0.05, 0) is 12.8 Å². The molecule has 108 valence electrons. The Kier molecular flexibility index (Phi) is 3.59. The highest BCUT2D eigenvalue weighted by Crippen LogP contribution is 2.26. The number of amides is 1. The van der Waals surface area contributed by atoms with E-state index in [1.54, 1.807) is 0 Å². The Balaban J connectivity index is 2.23. The van der Waals surface area contributed by atoms with E-state index >= 15 is 0 Å². The number of aromatic nitrogens is 2. The van der Waals surface area contributed by atoms with Gasteiger partial charge in [0.1, 0.15) is 11.4 Å². The summed E-state index contributed by atoms with van der Waals surface area (Å²) >= 11 is 0. The molecular weight excluding hydrogens is 268 g/mol. The fourth-order valence-electron chi connectivity index (χ4n) is 2.34. The van der Waals surface area contributed by atoms with Crippen LogP contribution in [0, 0.1) is 5.92 Å². The lowest BCUT2D eigenvalue weighted by atomic mass is 10.0. The third-order valence-corrected chi connectivity index (χ3v) is 3.36. The van der Waals surface area contributed by atoms with Crippen LogP contribution in [0.4, 0.5) is 5.69 Å². The van der Waals surface area contributed by atoms with Crippen molar-refractivity contribution in [1.82, 2.24) is 15.3 Å². The van der Waals surface area contributed by atoms with Crippen molar-refractivity contribution in [2.75, 3.05) is 5.73 Å². The van der Waals surface area contributed by atoms with Gasteiger partial charge in [0.25, 0.3) is 11.5 Å². The molecule has 2 rings (SSSR count). The van der Waals surface area contributed by atoms with Crippen molar-refractivity contribution in [3.05, 3.63) is 26.5 Å². The van der Waals surface area contributed by atoms with Crippen molar-refractivity contribution >= 4 is 17.6 Å². The maximum Gasteiger partial charge on any atom is 0.326 e. The molecule has 0 radical (unpaired) electrons. The van der Waals surface area contributed by atoms with Crippen LogP contribution in [0.3, 0.4) is 0 Å². The van der Waals surface area contributed by atoms with Crippen molar-refractivity contribution in [3.8, 4) is 0 Å². The quantitative estimate of drug-likeness (QED) is 0.460. The molecule has 1 amide bonds. The first-order chi connectivity index (χ1) is 9.40. The van der Waals surface area contributed by atoms with Crippen LogP contribution >= 0.6 is 0 Å². The Morgan fingerprint density at radius 3 is 2.60 bits per heavy atom. The number of carboxylic acid groups (broad SMARTS) is 1. The molecule has 1 aliphatic carbocycles. The van der Waals surface area contributed by atoms with Gasteiger partial charge in [-0.1, -0.05) is 6.42 Å². The number of hydrogen-bond donors (Lipinski definition) is 5. The van der Waals surface area contributed by atoms with E-state index in [0.717, 1.165) is 0 Å². The van der Waals surface area contributed by atoms with Gasteiger partial charge in [-0.25, -0.2) is 4.79 Å². The third-order valence-electron chi connectivity index (χ3n) is 3.36. The van der Waals surface area contributed by atoms with Gasteiger partial charge in [-0.3, -0.25) is 19.4 Å². The lowest BCUT2D eigenvalue weighted by molar-refractivity contribution is -0.142. The second kappa shape index (κ2) is 5.19. The van der Waals surface area contributed by atoms with Gasteiger partial charge in [0, 0.05) is 6.04 Å². The van der Waals surface area contributed by atoms with E-state index in [1.165, 1.54) is 0 Å². The molecule has 1 saturated carbocycles. The number of anilines is 1. The second-order valence-corrected chi connectivity index (χ2v) is 4.65. The zero-order chi connectivity index (χ0) is 14.9. The molecule has 9 heteroatoms. The third kappa shape index (κ3) is 2.56. The highest BCUT2D eigenvalue weighted by atomic mass is 16.4. The number of aromatic amines is 2. The smallest absolute Gasteiger partial charge is 0.326 e. The van der Waals surface area contributed by atoms with Crippen LogP contribution in [0.5, 0.6) is 0 Å². The molecule has 2 atom stereocenters. The maximum atomic E-state index is 12.0. The van der Waals surface area contributed by atoms with E-state index in [2.05, 4.69) is 10.3 Å². The number of nitrogens with two attached hydrogens (primary N) is 1. The lowest BCUT2D eigenvalue weighted by Gasteiger charge is -2.17. The molecule has 20 heavy (non-hydrogen) atoms. The minimum Gasteiger partial charge on any atom is -0.481 e. The standard InChI is InChI=1S/C11H14N4O5/c12-6-7(14-11(20)15-8(6)16)9(17)13-5-3-1-2-4(5)10(18)19/h4-5H,1-3,12H2,(H,13,17)(H,18,19)(H2,14,15,16,20). The van der Waals surface area contributed by atoms with E-state index < -0.39 is 40.8 Å². The highest BCUT2D eigenvalue weighted by Gasteiger charge is 2.34. The highest BCUT2D eigenvalue weighted by molar-refractivity contribution is 5.97. The largest absolute Gasteiger partial charge is 0.481 e. The zero-order valence-corrected chi connectivity index (χ0v) is 10.4. The van der Waals surface area contributed by atoms with E-state index in [0.29, 0.717) is 19.3 Å². The predicted octanol–water partition coefficient (Wildman–Crippen LogP) is -1.37. The zero-order valence-electron chi connectivity index (χ0n) is 10.4. The molecule has 0 aliphatic heterocycles. The fourth-order valence-corrected chi connectivity index (χ4v) is 2.34. The fraction of sp³-hybridized carbons (Fsp3) is 0.455. The van der Waals surface area contributed by atoms with Crippen molar-refractivity contribution in [2.24, 2.45) is 5.92 Å². The SMILES string of the molecule is Nc1c(C(=O)NC2CCCC2C(=O)O)[nH]c(=O)[nH]c1=O. The number of carboxylic acids is 1. The lowest BCUT2D eigenvalue weighted by Crippen LogP contribution is -2.42. The summed E-state index contributed by atoms with van der Waals surface area (Å²) in [5, 5.41) is 11.5. The molecule has 0 saturated heterocycles. The van der Waals surface area contributed by atoms with E-state index in [1.807, 2.05) is 4.98 Å². The number of carbonyl (C=O) groups excluding carboxylic acids is 1. The van der Waals surface area contributed by atoms with Crippen molar-refractivity contribution < 1.29 is 14.7 Å². The van der Waals surface area contributed by atoms with Gasteiger partial charge in [0.15, 0.2) is 0 Å². The Labute approximate surface area is 112 Å². The summed E-state index contributed by atoms with van der Waals surface area (Å²) < 4.78 is 0. The number of carbonyl (C=O) groups is 2. The molecule has 0 aromatic carbocycles. The molecule has 1 aromatic rings. The molecule has 0 bridgehead atoms. The molecule has 1 fully saturated rings. The number of H-pyrrole nitrogens is 2. The number of rotatable bonds is 3. The maximum absolute atomic E-state index is 12.0. The van der Waals surface area contributed by atoms with Gasteiger partial charge < -0.3 is 21.1 Å². The summed E-state index contributed by atoms with van der Waals surface area (Å²) in [5.41, 5.74) is 2.96. The van der Waals surface area contributed by atoms with Crippen LogP contribution in [0.1, 0.15) is 29.8 Å². The second-order valence-electron chi connectivity index (χ2n) is 4.65. The topological polar surface area (TPSA) is 158 Å². The Morgan fingerprint density at radius 1 is 1.25 bits per heavy atom. The number of aliphatic carboxylic acids is 1. The van der Waals surface area contributed by atoms with Crippen molar-refractivity contribution in [1.29, 1.82) is 0 Å². The summed E-state index contributed by atoms with van der Waals surface area (Å²) in [6.07, 6.45) is 1.68. The molecular formula is C11H14N4O5. The molecule has 9 nitrogen and oxygen atoms in total. The first-order valence-corrected chi connectivity index (χ1v) is 6.06. The summed E-state index contributed by atoms with van der Waals surface area (Å²) in [7, 11) is 0. The van der Waals surface area contributed by atoms with Gasteiger partial charge in [-0.15, -0.1) is 0 Å². The molecule has 1 aromatic heterocycles. The molecule has 2 unspecified atom stereocenters. The van der Waals surface area contributed by atoms with Crippen LogP contribution in [-0.4, -0.2) is 33.0 Å². The average molecular weight is 282 g/mol. The molecule has 0 spiro atoms. The first kappa shape index (κ1) is 13.8. The van der Waals surface area contributed by atoms with E-state index in [9.17, 15) is 19.2 Å². The number of nitrogens with one attached hydrogen (secondary N) is 3. The van der Waals surface area contributed by atoms with Crippen LogP contribution in [0.25, 0.3) is 0 Å². The minimum absolute atomic E-state index is 0.352. The summed E-state index contributed by atoms with van der Waals surface area (Å²) in [5.74, 6) is -2.42. The monoisotopic (exact) mass is 282 g/mol. The van der Waals surface area contributed by atoms with Crippen LogP contribution in [-0.2, 0) is 4.79 Å². The number of hydrogen-bond acceptors (Lipinski definition) is 5. The normalized spacial score (nSPS) is 21.6. The van der Waals surface area contributed by atoms with Gasteiger partial charge in [0.2, 0.25) is 0 Å². The molecule has 1 aliphatic rings. The minimum atomic E-state index is -0.986. The average Bonchev–Trinajstić information content (AvgIpc) is 2.81. The summed E-state index contributed by atoms with van der Waals surface area (Å²) in [4.78, 5) is 49.5. The first-order valence-electron chi connectivity index (χ1n) is 6.06. The van der Waals surface area contributed by atoms with Gasteiger partial charge in [-0.2, -0.15) is 0 Å². The van der Waals surface area contributed by atoms with Crippen LogP contribution in [0.15, 0.2) is 9.59 Å². The predicted molar refractivity (Wildman–Crippen MR) is 68.3 cm³/mol.